The molecule has 0 spiro atoms. The molecule has 1 aliphatic rings. The summed E-state index contributed by atoms with van der Waals surface area (Å²) in [6, 6.07) is 11.2. The first-order chi connectivity index (χ1) is 13.0. The lowest BCUT2D eigenvalue weighted by atomic mass is 10.1. The van der Waals surface area contributed by atoms with Gasteiger partial charge in [0.05, 0.1) is 16.7 Å². The van der Waals surface area contributed by atoms with Gasteiger partial charge in [0, 0.05) is 11.6 Å². The summed E-state index contributed by atoms with van der Waals surface area (Å²) < 4.78 is 10.6. The number of hydrogen-bond donors (Lipinski definition) is 0. The van der Waals surface area contributed by atoms with Crippen LogP contribution in [0.1, 0.15) is 31.1 Å². The van der Waals surface area contributed by atoms with E-state index in [-0.39, 0.29) is 36.4 Å². The number of esters is 1. The predicted molar refractivity (Wildman–Crippen MR) is 99.2 cm³/mol. The van der Waals surface area contributed by atoms with Crippen molar-refractivity contribution in [3.05, 3.63) is 76.8 Å². The summed E-state index contributed by atoms with van der Waals surface area (Å²) in [7, 11) is 0. The van der Waals surface area contributed by atoms with Crippen LogP contribution in [0.3, 0.4) is 0 Å². The Morgan fingerprint density at radius 3 is 2.59 bits per heavy atom. The normalized spacial score (nSPS) is 12.7. The molecular weight excluding hydrogens is 370 g/mol. The van der Waals surface area contributed by atoms with Crippen molar-refractivity contribution in [1.82, 2.24) is 4.90 Å². The van der Waals surface area contributed by atoms with Crippen molar-refractivity contribution < 1.29 is 23.9 Å². The number of hydrogen-bond acceptors (Lipinski definition) is 5. The quantitative estimate of drug-likeness (QED) is 0.316. The first-order valence-electron chi connectivity index (χ1n) is 8.18. The Bertz CT molecular complexity index is 924. The van der Waals surface area contributed by atoms with Gasteiger partial charge >= 0.3 is 5.97 Å². The van der Waals surface area contributed by atoms with Gasteiger partial charge in [0.1, 0.15) is 19.0 Å². The van der Waals surface area contributed by atoms with Crippen molar-refractivity contribution in [2.45, 2.75) is 0 Å². The van der Waals surface area contributed by atoms with Gasteiger partial charge in [0.15, 0.2) is 0 Å². The van der Waals surface area contributed by atoms with Crippen molar-refractivity contribution in [1.29, 1.82) is 0 Å². The minimum atomic E-state index is -0.602. The number of benzene rings is 2. The third kappa shape index (κ3) is 4.01. The minimum Gasteiger partial charge on any atom is -0.490 e. The first-order valence-corrected chi connectivity index (χ1v) is 8.55. The average Bonchev–Trinajstić information content (AvgIpc) is 2.90. The fourth-order valence-electron chi connectivity index (χ4n) is 2.65. The SMILES string of the molecule is C=CCN1C(=O)c2ccc(C(=O)OCCOc3cccc(Cl)c3)cc2C1=O. The lowest BCUT2D eigenvalue weighted by Crippen LogP contribution is -2.29. The van der Waals surface area contributed by atoms with Crippen LogP contribution in [0.15, 0.2) is 55.1 Å². The lowest BCUT2D eigenvalue weighted by Gasteiger charge is -2.09. The molecular formula is C20H16ClNO5. The summed E-state index contributed by atoms with van der Waals surface area (Å²) in [5, 5.41) is 0.548. The van der Waals surface area contributed by atoms with Crippen LogP contribution in [-0.2, 0) is 4.74 Å². The number of halogens is 1. The van der Waals surface area contributed by atoms with Crippen LogP contribution in [-0.4, -0.2) is 42.4 Å². The van der Waals surface area contributed by atoms with Crippen LogP contribution in [0.2, 0.25) is 5.02 Å². The summed E-state index contributed by atoms with van der Waals surface area (Å²) >= 11 is 5.86. The van der Waals surface area contributed by atoms with E-state index in [0.29, 0.717) is 10.8 Å². The molecule has 0 aliphatic carbocycles. The average molecular weight is 386 g/mol. The second-order valence-electron chi connectivity index (χ2n) is 5.71. The molecule has 27 heavy (non-hydrogen) atoms. The Labute approximate surface area is 160 Å². The number of imide groups is 1. The highest BCUT2D eigenvalue weighted by molar-refractivity contribution is 6.30. The van der Waals surface area contributed by atoms with Crippen molar-refractivity contribution in [3.8, 4) is 5.75 Å². The Morgan fingerprint density at radius 2 is 1.85 bits per heavy atom. The summed E-state index contributed by atoms with van der Waals surface area (Å²) in [5.74, 6) is -0.879. The largest absolute Gasteiger partial charge is 0.490 e. The molecule has 0 N–H and O–H groups in total. The van der Waals surface area contributed by atoms with Gasteiger partial charge in [0.2, 0.25) is 0 Å². The fraction of sp³-hybridized carbons (Fsp3) is 0.150. The third-order valence-electron chi connectivity index (χ3n) is 3.90. The molecule has 6 nitrogen and oxygen atoms in total. The van der Waals surface area contributed by atoms with Gasteiger partial charge in [-0.3, -0.25) is 14.5 Å². The molecule has 138 valence electrons. The van der Waals surface area contributed by atoms with E-state index in [2.05, 4.69) is 6.58 Å². The van der Waals surface area contributed by atoms with Crippen LogP contribution in [0, 0.1) is 0 Å². The molecule has 1 aliphatic heterocycles. The maximum Gasteiger partial charge on any atom is 0.338 e. The number of fused-ring (bicyclic) bond motifs is 1. The Morgan fingerprint density at radius 1 is 1.07 bits per heavy atom. The predicted octanol–water partition coefficient (Wildman–Crippen LogP) is 3.36. The number of rotatable bonds is 7. The highest BCUT2D eigenvalue weighted by Gasteiger charge is 2.35. The van der Waals surface area contributed by atoms with Gasteiger partial charge < -0.3 is 9.47 Å². The van der Waals surface area contributed by atoms with Crippen LogP contribution in [0.4, 0.5) is 0 Å². The Hall–Kier alpha value is -3.12. The molecule has 0 aromatic heterocycles. The zero-order chi connectivity index (χ0) is 19.4. The summed E-state index contributed by atoms with van der Waals surface area (Å²) in [5.41, 5.74) is 0.646. The first kappa shape index (κ1) is 18.7. The van der Waals surface area contributed by atoms with E-state index in [1.165, 1.54) is 24.3 Å². The second kappa shape index (κ2) is 8.05. The number of carbonyl (C=O) groups is 3. The van der Waals surface area contributed by atoms with E-state index in [9.17, 15) is 14.4 Å². The molecule has 0 radical (unpaired) electrons. The maximum atomic E-state index is 12.3. The van der Waals surface area contributed by atoms with E-state index in [0.717, 1.165) is 4.90 Å². The molecule has 1 heterocycles. The molecule has 0 bridgehead atoms. The van der Waals surface area contributed by atoms with Crippen molar-refractivity contribution in [3.63, 3.8) is 0 Å². The fourth-order valence-corrected chi connectivity index (χ4v) is 2.83. The zero-order valence-corrected chi connectivity index (χ0v) is 15.1. The highest BCUT2D eigenvalue weighted by atomic mass is 35.5. The van der Waals surface area contributed by atoms with Crippen LogP contribution in [0.5, 0.6) is 5.75 Å². The molecule has 2 aromatic carbocycles. The lowest BCUT2D eigenvalue weighted by molar-refractivity contribution is 0.0450. The van der Waals surface area contributed by atoms with Crippen LogP contribution in [0.25, 0.3) is 0 Å². The van der Waals surface area contributed by atoms with Crippen LogP contribution >= 0.6 is 11.6 Å². The Kier molecular flexibility index (Phi) is 5.57. The van der Waals surface area contributed by atoms with E-state index in [4.69, 9.17) is 21.1 Å². The van der Waals surface area contributed by atoms with Gasteiger partial charge in [-0.2, -0.15) is 0 Å². The number of nitrogens with zero attached hydrogens (tertiary/aromatic N) is 1. The third-order valence-corrected chi connectivity index (χ3v) is 4.13. The molecule has 3 rings (SSSR count). The number of amides is 2. The van der Waals surface area contributed by atoms with E-state index in [1.54, 1.807) is 24.3 Å². The van der Waals surface area contributed by atoms with Crippen LogP contribution < -0.4 is 4.74 Å². The summed E-state index contributed by atoms with van der Waals surface area (Å²) in [4.78, 5) is 37.7. The monoisotopic (exact) mass is 385 g/mol. The maximum absolute atomic E-state index is 12.3. The summed E-state index contributed by atoms with van der Waals surface area (Å²) in [6.45, 7) is 3.83. The van der Waals surface area contributed by atoms with Gasteiger partial charge in [-0.05, 0) is 36.4 Å². The standard InChI is InChI=1S/C20H16ClNO5/c1-2-8-22-18(23)16-7-6-13(11-17(16)19(22)24)20(25)27-10-9-26-15-5-3-4-14(21)12-15/h2-7,11-12H,1,8-10H2. The topological polar surface area (TPSA) is 72.9 Å². The molecule has 0 saturated carbocycles. The minimum absolute atomic E-state index is 0.0257. The highest BCUT2D eigenvalue weighted by Crippen LogP contribution is 2.24. The second-order valence-corrected chi connectivity index (χ2v) is 6.15. The van der Waals surface area contributed by atoms with Crippen molar-refractivity contribution >= 4 is 29.4 Å². The molecule has 0 fully saturated rings. The van der Waals surface area contributed by atoms with Gasteiger partial charge in [-0.1, -0.05) is 23.7 Å². The van der Waals surface area contributed by atoms with Gasteiger partial charge in [-0.15, -0.1) is 6.58 Å². The molecule has 0 atom stereocenters. The van der Waals surface area contributed by atoms with Gasteiger partial charge in [0.25, 0.3) is 11.8 Å². The molecule has 7 heteroatoms. The summed E-state index contributed by atoms with van der Waals surface area (Å²) in [6.07, 6.45) is 1.47. The molecule has 2 amide bonds. The number of ether oxygens (including phenoxy) is 2. The van der Waals surface area contributed by atoms with Crippen molar-refractivity contribution in [2.24, 2.45) is 0 Å². The smallest absolute Gasteiger partial charge is 0.338 e. The van der Waals surface area contributed by atoms with E-state index >= 15 is 0 Å². The molecule has 0 unspecified atom stereocenters. The molecule has 2 aromatic rings. The van der Waals surface area contributed by atoms with Crippen molar-refractivity contribution in [2.75, 3.05) is 19.8 Å². The molecule has 0 saturated heterocycles. The Balaban J connectivity index is 1.59. The van der Waals surface area contributed by atoms with E-state index < -0.39 is 17.8 Å². The number of carbonyl (C=O) groups excluding carboxylic acids is 3. The zero-order valence-electron chi connectivity index (χ0n) is 14.3. The van der Waals surface area contributed by atoms with Gasteiger partial charge in [-0.25, -0.2) is 4.79 Å². The van der Waals surface area contributed by atoms with E-state index in [1.807, 2.05) is 0 Å².